The van der Waals surface area contributed by atoms with E-state index >= 15 is 0 Å². The summed E-state index contributed by atoms with van der Waals surface area (Å²) in [6, 6.07) is 55.0. The summed E-state index contributed by atoms with van der Waals surface area (Å²) in [6.07, 6.45) is 6.79. The highest BCUT2D eigenvalue weighted by molar-refractivity contribution is 6.09. The first-order valence-electron chi connectivity index (χ1n) is 19.0. The van der Waals surface area contributed by atoms with Crippen molar-refractivity contribution in [1.82, 2.24) is 15.0 Å². The summed E-state index contributed by atoms with van der Waals surface area (Å²) in [5.41, 5.74) is 7.87. The van der Waals surface area contributed by atoms with Crippen LogP contribution < -0.4 is 4.74 Å². The molecule has 1 aliphatic heterocycles. The Labute approximate surface area is 321 Å². The molecule has 0 radical (unpaired) electrons. The highest BCUT2D eigenvalue weighted by Gasteiger charge is 2.34. The summed E-state index contributed by atoms with van der Waals surface area (Å²) in [5, 5.41) is 9.10. The zero-order chi connectivity index (χ0) is 36.7. The lowest BCUT2D eigenvalue weighted by Crippen LogP contribution is -2.17. The lowest BCUT2D eigenvalue weighted by Gasteiger charge is -2.20. The first-order valence-corrected chi connectivity index (χ1v) is 19.0. The molecule has 8 aromatic carbocycles. The second kappa shape index (κ2) is 12.1. The molecule has 0 saturated carbocycles. The SMILES string of the molecule is C1=CC2Oc3cc4ccccc4cc3C2C=C1c1cccc2cc(-c3nc(-c4ccc5ccccc5c4)nc(-c4cccc5c4oc4ccccc45)n3)ccc12. The van der Waals surface area contributed by atoms with E-state index in [1.165, 1.54) is 38.2 Å². The zero-order valence-corrected chi connectivity index (χ0v) is 30.1. The Morgan fingerprint density at radius 3 is 1.96 bits per heavy atom. The minimum Gasteiger partial charge on any atom is -0.485 e. The summed E-state index contributed by atoms with van der Waals surface area (Å²) >= 11 is 0. The van der Waals surface area contributed by atoms with Crippen LogP contribution in [0.4, 0.5) is 0 Å². The van der Waals surface area contributed by atoms with Crippen LogP contribution in [-0.4, -0.2) is 21.1 Å². The van der Waals surface area contributed by atoms with E-state index in [9.17, 15) is 0 Å². The van der Waals surface area contributed by atoms with Crippen molar-refractivity contribution in [3.63, 3.8) is 0 Å². The molecule has 2 aromatic heterocycles. The van der Waals surface area contributed by atoms with E-state index in [1.54, 1.807) is 0 Å². The molecule has 56 heavy (non-hydrogen) atoms. The minimum absolute atomic E-state index is 0.00705. The van der Waals surface area contributed by atoms with E-state index in [0.29, 0.717) is 17.5 Å². The standard InChI is InChI=1S/C51H31N3O2/c1-2-10-31-25-36(20-19-30(31)9-1)49-52-50(54-51(53-49)42-17-8-16-41-40-14-5-6-18-45(40)56-48(41)42)37-21-23-39-34(26-37)13-7-15-38(39)35-22-24-46-43(28-35)44-27-32-11-3-4-12-33(32)29-47(44)55-46/h1-29,43,46H. The number of furan rings is 1. The number of ether oxygens (including phenoxy) is 1. The number of fused-ring (bicyclic) bond motifs is 9. The third kappa shape index (κ3) is 4.91. The number of nitrogens with zero attached hydrogens (tertiary/aromatic N) is 3. The van der Waals surface area contributed by atoms with Crippen molar-refractivity contribution in [3.05, 3.63) is 187 Å². The molecule has 12 rings (SSSR count). The van der Waals surface area contributed by atoms with Crippen LogP contribution in [0.2, 0.25) is 0 Å². The Bertz CT molecular complexity index is 3320. The molecule has 5 nitrogen and oxygen atoms in total. The van der Waals surface area contributed by atoms with Gasteiger partial charge in [0.1, 0.15) is 23.0 Å². The highest BCUT2D eigenvalue weighted by atomic mass is 16.5. The van der Waals surface area contributed by atoms with E-state index in [2.05, 4.69) is 146 Å². The van der Waals surface area contributed by atoms with Crippen LogP contribution >= 0.6 is 0 Å². The molecule has 0 spiro atoms. The van der Waals surface area contributed by atoms with E-state index < -0.39 is 0 Å². The van der Waals surface area contributed by atoms with Crippen molar-refractivity contribution in [2.24, 2.45) is 0 Å². The normalized spacial score (nSPS) is 16.0. The van der Waals surface area contributed by atoms with Crippen molar-refractivity contribution in [3.8, 4) is 39.9 Å². The second-order valence-corrected chi connectivity index (χ2v) is 14.7. The van der Waals surface area contributed by atoms with Gasteiger partial charge in [0.15, 0.2) is 17.5 Å². The fraction of sp³-hybridized carbons (Fsp3) is 0.0392. The van der Waals surface area contributed by atoms with Gasteiger partial charge in [0, 0.05) is 33.4 Å². The van der Waals surface area contributed by atoms with E-state index in [-0.39, 0.29) is 12.0 Å². The highest BCUT2D eigenvalue weighted by Crippen LogP contribution is 2.46. The van der Waals surface area contributed by atoms with E-state index in [4.69, 9.17) is 24.1 Å². The third-order valence-corrected chi connectivity index (χ3v) is 11.4. The van der Waals surface area contributed by atoms with Crippen molar-refractivity contribution in [2.45, 2.75) is 12.0 Å². The number of hydrogen-bond donors (Lipinski definition) is 0. The first kappa shape index (κ1) is 31.0. The Kier molecular flexibility index (Phi) is 6.69. The molecule has 1 aliphatic carbocycles. The van der Waals surface area contributed by atoms with Gasteiger partial charge in [-0.3, -0.25) is 0 Å². The molecule has 0 N–H and O–H groups in total. The monoisotopic (exact) mass is 717 g/mol. The van der Waals surface area contributed by atoms with Crippen LogP contribution in [0.25, 0.3) is 94.0 Å². The molecule has 0 saturated heterocycles. The number of aromatic nitrogens is 3. The van der Waals surface area contributed by atoms with Crippen LogP contribution in [0.15, 0.2) is 180 Å². The number of hydrogen-bond acceptors (Lipinski definition) is 5. The lowest BCUT2D eigenvalue weighted by molar-refractivity contribution is 0.269. The molecule has 5 heteroatoms. The molecule has 0 fully saturated rings. The molecule has 2 aliphatic rings. The molecule has 10 aromatic rings. The summed E-state index contributed by atoms with van der Waals surface area (Å²) in [7, 11) is 0. The largest absolute Gasteiger partial charge is 0.485 e. The van der Waals surface area contributed by atoms with Gasteiger partial charge in [0.2, 0.25) is 0 Å². The predicted molar refractivity (Wildman–Crippen MR) is 227 cm³/mol. The van der Waals surface area contributed by atoms with Gasteiger partial charge in [-0.2, -0.15) is 0 Å². The minimum atomic E-state index is -0.00705. The fourth-order valence-corrected chi connectivity index (χ4v) is 8.65. The average molecular weight is 718 g/mol. The van der Waals surface area contributed by atoms with Gasteiger partial charge in [-0.15, -0.1) is 0 Å². The summed E-state index contributed by atoms with van der Waals surface area (Å²) < 4.78 is 12.9. The molecule has 262 valence electrons. The maximum Gasteiger partial charge on any atom is 0.167 e. The molecule has 2 unspecified atom stereocenters. The smallest absolute Gasteiger partial charge is 0.167 e. The molecular formula is C51H31N3O2. The Morgan fingerprint density at radius 2 is 1.11 bits per heavy atom. The molecule has 0 amide bonds. The molecule has 0 bridgehead atoms. The fourth-order valence-electron chi connectivity index (χ4n) is 8.65. The molecule has 2 atom stereocenters. The van der Waals surface area contributed by atoms with Crippen molar-refractivity contribution in [1.29, 1.82) is 0 Å². The van der Waals surface area contributed by atoms with Gasteiger partial charge in [-0.05, 0) is 85.9 Å². The third-order valence-electron chi connectivity index (χ3n) is 11.4. The zero-order valence-electron chi connectivity index (χ0n) is 30.1. The van der Waals surface area contributed by atoms with Gasteiger partial charge in [0.25, 0.3) is 0 Å². The summed E-state index contributed by atoms with van der Waals surface area (Å²) in [4.78, 5) is 15.4. The van der Waals surface area contributed by atoms with Crippen LogP contribution in [0.3, 0.4) is 0 Å². The summed E-state index contributed by atoms with van der Waals surface area (Å²) in [5.74, 6) is 2.90. The van der Waals surface area contributed by atoms with Gasteiger partial charge >= 0.3 is 0 Å². The number of benzene rings is 8. The predicted octanol–water partition coefficient (Wildman–Crippen LogP) is 12.7. The lowest BCUT2D eigenvalue weighted by atomic mass is 9.85. The topological polar surface area (TPSA) is 61.0 Å². The summed E-state index contributed by atoms with van der Waals surface area (Å²) in [6.45, 7) is 0. The van der Waals surface area contributed by atoms with E-state index in [0.717, 1.165) is 55.2 Å². The number of allylic oxidation sites excluding steroid dienone is 2. The van der Waals surface area contributed by atoms with Crippen LogP contribution in [0.1, 0.15) is 17.0 Å². The number of rotatable bonds is 4. The van der Waals surface area contributed by atoms with Gasteiger partial charge in [-0.1, -0.05) is 133 Å². The second-order valence-electron chi connectivity index (χ2n) is 14.7. The van der Waals surface area contributed by atoms with Crippen molar-refractivity contribution < 1.29 is 9.15 Å². The number of para-hydroxylation sites is 2. The Balaban J connectivity index is 0.987. The molecular weight excluding hydrogens is 687 g/mol. The van der Waals surface area contributed by atoms with Gasteiger partial charge in [-0.25, -0.2) is 15.0 Å². The Morgan fingerprint density at radius 1 is 0.464 bits per heavy atom. The Hall–Kier alpha value is -7.37. The van der Waals surface area contributed by atoms with Crippen LogP contribution in [0.5, 0.6) is 5.75 Å². The average Bonchev–Trinajstić information content (AvgIpc) is 3.82. The quantitative estimate of drug-likeness (QED) is 0.181. The van der Waals surface area contributed by atoms with Crippen molar-refractivity contribution in [2.75, 3.05) is 0 Å². The maximum absolute atomic E-state index is 6.46. The maximum atomic E-state index is 6.46. The van der Waals surface area contributed by atoms with Crippen LogP contribution in [-0.2, 0) is 0 Å². The molecule has 3 heterocycles. The van der Waals surface area contributed by atoms with Crippen molar-refractivity contribution >= 4 is 59.8 Å². The first-order chi connectivity index (χ1) is 27.7. The van der Waals surface area contributed by atoms with Gasteiger partial charge < -0.3 is 9.15 Å². The van der Waals surface area contributed by atoms with Crippen LogP contribution in [0, 0.1) is 0 Å². The van der Waals surface area contributed by atoms with E-state index in [1.807, 2.05) is 30.3 Å². The van der Waals surface area contributed by atoms with Gasteiger partial charge in [0.05, 0.1) is 5.56 Å².